The molecule has 6 nitrogen and oxygen atoms in total. The molecule has 0 saturated heterocycles. The number of esters is 1. The van der Waals surface area contributed by atoms with Crippen molar-refractivity contribution in [3.63, 3.8) is 0 Å². The number of thiophene rings is 1. The second-order valence-electron chi connectivity index (χ2n) is 7.78. The summed E-state index contributed by atoms with van der Waals surface area (Å²) in [6.07, 6.45) is 7.39. The number of benzene rings is 1. The van der Waals surface area contributed by atoms with E-state index >= 15 is 0 Å². The molecule has 168 valence electrons. The van der Waals surface area contributed by atoms with Crippen LogP contribution in [0.1, 0.15) is 46.6 Å². The van der Waals surface area contributed by atoms with Gasteiger partial charge in [0, 0.05) is 27.1 Å². The summed E-state index contributed by atoms with van der Waals surface area (Å²) in [5, 5.41) is 3.92. The monoisotopic (exact) mass is 473 g/mol. The van der Waals surface area contributed by atoms with Gasteiger partial charge in [0.25, 0.3) is 5.91 Å². The van der Waals surface area contributed by atoms with E-state index in [1.54, 1.807) is 31.2 Å². The highest BCUT2D eigenvalue weighted by atomic mass is 35.5. The number of nitrogens with one attached hydrogen (secondary N) is 1. The third kappa shape index (κ3) is 4.40. The van der Waals surface area contributed by atoms with Gasteiger partial charge in [-0.25, -0.2) is 4.79 Å². The maximum atomic E-state index is 13.2. The summed E-state index contributed by atoms with van der Waals surface area (Å²) in [6.45, 7) is 4.25. The third-order valence-corrected chi connectivity index (χ3v) is 6.88. The number of carbonyl (C=O) groups excluding carboxylic acids is 2. The summed E-state index contributed by atoms with van der Waals surface area (Å²) in [7, 11) is 1.53. The van der Waals surface area contributed by atoms with Gasteiger partial charge in [0.05, 0.1) is 25.5 Å². The van der Waals surface area contributed by atoms with Gasteiger partial charge in [-0.3, -0.25) is 4.79 Å². The SMILES string of the molecule is CCOC(=O)c1c(NC(=O)C2=Cc3cc(Cl)cc(OC)c3OC=C2)sc2c1CC[C@H](C)C2. The molecule has 1 aromatic carbocycles. The molecular formula is C24H24ClNO5S. The van der Waals surface area contributed by atoms with Crippen LogP contribution in [-0.4, -0.2) is 25.6 Å². The van der Waals surface area contributed by atoms with Crippen LogP contribution in [0.5, 0.6) is 11.5 Å². The zero-order valence-corrected chi connectivity index (χ0v) is 19.7. The molecule has 0 saturated carbocycles. The number of ether oxygens (including phenoxy) is 3. The zero-order chi connectivity index (χ0) is 22.8. The highest BCUT2D eigenvalue weighted by Crippen LogP contribution is 2.41. The number of carbonyl (C=O) groups is 2. The first-order valence-corrected chi connectivity index (χ1v) is 11.7. The summed E-state index contributed by atoms with van der Waals surface area (Å²) in [5.41, 5.74) is 2.46. The molecule has 1 atom stereocenters. The Morgan fingerprint density at radius 2 is 2.16 bits per heavy atom. The number of halogens is 1. The maximum Gasteiger partial charge on any atom is 0.341 e. The molecule has 2 aromatic rings. The first-order valence-electron chi connectivity index (χ1n) is 10.5. The normalized spacial score (nSPS) is 16.8. The first kappa shape index (κ1) is 22.4. The van der Waals surface area contributed by atoms with Gasteiger partial charge in [-0.05, 0) is 55.9 Å². The van der Waals surface area contributed by atoms with Crippen molar-refractivity contribution in [2.45, 2.75) is 33.1 Å². The molecule has 1 aromatic heterocycles. The van der Waals surface area contributed by atoms with Gasteiger partial charge in [-0.1, -0.05) is 18.5 Å². The lowest BCUT2D eigenvalue weighted by atomic mass is 9.88. The lowest BCUT2D eigenvalue weighted by Crippen LogP contribution is -2.17. The van der Waals surface area contributed by atoms with Gasteiger partial charge < -0.3 is 19.5 Å². The largest absolute Gasteiger partial charge is 0.493 e. The topological polar surface area (TPSA) is 73.9 Å². The molecule has 2 heterocycles. The van der Waals surface area contributed by atoms with Gasteiger partial charge in [0.15, 0.2) is 11.5 Å². The fourth-order valence-electron chi connectivity index (χ4n) is 3.94. The lowest BCUT2D eigenvalue weighted by molar-refractivity contribution is -0.112. The molecule has 32 heavy (non-hydrogen) atoms. The number of amides is 1. The molecule has 0 spiro atoms. The standard InChI is InChI=1S/C24H24ClNO5S/c1-4-30-24(28)20-17-6-5-13(2)9-19(17)32-23(20)26-22(27)14-7-8-31-21-15(10-14)11-16(25)12-18(21)29-3/h7-8,10-13H,4-6,9H2,1-3H3,(H,26,27)/t13-/m0/s1. The van der Waals surface area contributed by atoms with Crippen LogP contribution in [0.4, 0.5) is 5.00 Å². The van der Waals surface area contributed by atoms with Crippen molar-refractivity contribution >= 4 is 45.9 Å². The van der Waals surface area contributed by atoms with E-state index in [1.807, 2.05) is 0 Å². The minimum Gasteiger partial charge on any atom is -0.493 e. The summed E-state index contributed by atoms with van der Waals surface area (Å²) in [4.78, 5) is 27.0. The fraction of sp³-hybridized carbons (Fsp3) is 0.333. The van der Waals surface area contributed by atoms with E-state index in [9.17, 15) is 9.59 Å². The number of hydrogen-bond donors (Lipinski definition) is 1. The maximum absolute atomic E-state index is 13.2. The molecule has 0 bridgehead atoms. The first-order chi connectivity index (χ1) is 15.4. The van der Waals surface area contributed by atoms with E-state index in [0.29, 0.717) is 44.1 Å². The van der Waals surface area contributed by atoms with E-state index in [-0.39, 0.29) is 12.5 Å². The van der Waals surface area contributed by atoms with Crippen molar-refractivity contribution in [1.29, 1.82) is 0 Å². The Hall–Kier alpha value is -2.77. The van der Waals surface area contributed by atoms with Crippen LogP contribution >= 0.6 is 22.9 Å². The van der Waals surface area contributed by atoms with Crippen molar-refractivity contribution in [2.24, 2.45) is 5.92 Å². The van der Waals surface area contributed by atoms with Gasteiger partial charge in [-0.2, -0.15) is 0 Å². The number of anilines is 1. The number of methoxy groups -OCH3 is 1. The predicted octanol–water partition coefficient (Wildman–Crippen LogP) is 5.64. The van der Waals surface area contributed by atoms with Gasteiger partial charge in [0.2, 0.25) is 0 Å². The van der Waals surface area contributed by atoms with Crippen molar-refractivity contribution in [1.82, 2.24) is 0 Å². The van der Waals surface area contributed by atoms with Crippen molar-refractivity contribution < 1.29 is 23.8 Å². The smallest absolute Gasteiger partial charge is 0.341 e. The molecular weight excluding hydrogens is 450 g/mol. The van der Waals surface area contributed by atoms with Crippen LogP contribution in [0.25, 0.3) is 6.08 Å². The minimum atomic E-state index is -0.398. The van der Waals surface area contributed by atoms with E-state index < -0.39 is 5.97 Å². The molecule has 2 aliphatic rings. The molecule has 0 fully saturated rings. The highest BCUT2D eigenvalue weighted by molar-refractivity contribution is 7.17. The average Bonchev–Trinajstić information content (AvgIpc) is 2.95. The zero-order valence-electron chi connectivity index (χ0n) is 18.1. The highest BCUT2D eigenvalue weighted by Gasteiger charge is 2.29. The summed E-state index contributed by atoms with van der Waals surface area (Å²) in [6, 6.07) is 3.35. The van der Waals surface area contributed by atoms with Crippen LogP contribution in [0.3, 0.4) is 0 Å². The van der Waals surface area contributed by atoms with Gasteiger partial charge in [0.1, 0.15) is 5.00 Å². The third-order valence-electron chi connectivity index (χ3n) is 5.49. The van der Waals surface area contributed by atoms with E-state index in [1.165, 1.54) is 24.7 Å². The van der Waals surface area contributed by atoms with Crippen LogP contribution in [-0.2, 0) is 22.4 Å². The van der Waals surface area contributed by atoms with Crippen LogP contribution in [0.2, 0.25) is 5.02 Å². The quantitative estimate of drug-likeness (QED) is 0.569. The van der Waals surface area contributed by atoms with E-state index in [2.05, 4.69) is 12.2 Å². The summed E-state index contributed by atoms with van der Waals surface area (Å²) in [5.74, 6) is 0.739. The Morgan fingerprint density at radius 3 is 2.91 bits per heavy atom. The molecule has 4 rings (SSSR count). The lowest BCUT2D eigenvalue weighted by Gasteiger charge is -2.18. The van der Waals surface area contributed by atoms with Crippen LogP contribution < -0.4 is 14.8 Å². The molecule has 8 heteroatoms. The summed E-state index contributed by atoms with van der Waals surface area (Å²) >= 11 is 7.65. The van der Waals surface area contributed by atoms with Gasteiger partial charge in [-0.15, -0.1) is 11.3 Å². The molecule has 0 radical (unpaired) electrons. The summed E-state index contributed by atoms with van der Waals surface area (Å²) < 4.78 is 16.3. The second-order valence-corrected chi connectivity index (χ2v) is 9.32. The molecule has 1 aliphatic carbocycles. The number of rotatable bonds is 5. The fourth-order valence-corrected chi connectivity index (χ4v) is 5.55. The second kappa shape index (κ2) is 9.38. The van der Waals surface area contributed by atoms with Crippen LogP contribution in [0, 0.1) is 5.92 Å². The van der Waals surface area contributed by atoms with Crippen molar-refractivity contribution in [3.05, 3.63) is 56.6 Å². The molecule has 1 aliphatic heterocycles. The Balaban J connectivity index is 1.68. The van der Waals surface area contributed by atoms with Gasteiger partial charge >= 0.3 is 5.97 Å². The Kier molecular flexibility index (Phi) is 6.58. The number of hydrogen-bond acceptors (Lipinski definition) is 6. The van der Waals surface area contributed by atoms with Crippen molar-refractivity contribution in [3.8, 4) is 11.5 Å². The molecule has 0 unspecified atom stereocenters. The Bertz CT molecular complexity index is 1130. The van der Waals surface area contributed by atoms with E-state index in [0.717, 1.165) is 29.7 Å². The van der Waals surface area contributed by atoms with E-state index in [4.69, 9.17) is 25.8 Å². The van der Waals surface area contributed by atoms with Crippen LogP contribution in [0.15, 0.2) is 30.0 Å². The molecule has 1 N–H and O–H groups in total. The molecule has 1 amide bonds. The Morgan fingerprint density at radius 1 is 1.34 bits per heavy atom. The average molecular weight is 474 g/mol. The van der Waals surface area contributed by atoms with Crippen molar-refractivity contribution in [2.75, 3.05) is 19.0 Å². The Labute approximate surface area is 195 Å². The predicted molar refractivity (Wildman–Crippen MR) is 126 cm³/mol. The minimum absolute atomic E-state index is 0.276. The number of fused-ring (bicyclic) bond motifs is 2.